The molecule has 0 aliphatic carbocycles. The van der Waals surface area contributed by atoms with E-state index in [9.17, 15) is 4.79 Å². The molecule has 1 aliphatic heterocycles. The van der Waals surface area contributed by atoms with Gasteiger partial charge in [-0.05, 0) is 31.3 Å². The van der Waals surface area contributed by atoms with Crippen LogP contribution in [0, 0.1) is 0 Å². The van der Waals surface area contributed by atoms with Crippen LogP contribution in [0.5, 0.6) is 0 Å². The Morgan fingerprint density at radius 1 is 1.47 bits per heavy atom. The van der Waals surface area contributed by atoms with Crippen LogP contribution in [-0.2, 0) is 4.74 Å². The summed E-state index contributed by atoms with van der Waals surface area (Å²) in [5.74, 6) is 0. The molecule has 2 rings (SSSR count). The molecule has 0 aromatic heterocycles. The summed E-state index contributed by atoms with van der Waals surface area (Å²) < 4.78 is 5.56. The maximum atomic E-state index is 11.7. The minimum Gasteiger partial charge on any atom is -0.374 e. The highest BCUT2D eigenvalue weighted by Gasteiger charge is 2.18. The summed E-state index contributed by atoms with van der Waals surface area (Å²) in [7, 11) is 2.04. The van der Waals surface area contributed by atoms with E-state index in [1.54, 1.807) is 24.3 Å². The predicted octanol–water partition coefficient (Wildman–Crippen LogP) is 1.79. The quantitative estimate of drug-likeness (QED) is 0.889. The summed E-state index contributed by atoms with van der Waals surface area (Å²) >= 11 is 5.78. The van der Waals surface area contributed by atoms with Gasteiger partial charge in [0, 0.05) is 30.3 Å². The van der Waals surface area contributed by atoms with E-state index in [1.165, 1.54) is 0 Å². The highest BCUT2D eigenvalue weighted by molar-refractivity contribution is 6.30. The van der Waals surface area contributed by atoms with Gasteiger partial charge >= 0.3 is 6.03 Å². The number of nitrogens with zero attached hydrogens (tertiary/aromatic N) is 1. The number of benzene rings is 1. The van der Waals surface area contributed by atoms with Crippen molar-refractivity contribution in [3.8, 4) is 0 Å². The number of carbonyl (C=O) groups excluding carboxylic acids is 1. The van der Waals surface area contributed by atoms with Crippen LogP contribution in [-0.4, -0.2) is 50.3 Å². The molecule has 1 unspecified atom stereocenters. The largest absolute Gasteiger partial charge is 0.374 e. The molecular formula is C13H18ClN3O2. The van der Waals surface area contributed by atoms with Crippen LogP contribution in [0.15, 0.2) is 24.3 Å². The number of amides is 2. The van der Waals surface area contributed by atoms with Crippen molar-refractivity contribution in [1.29, 1.82) is 0 Å². The van der Waals surface area contributed by atoms with Crippen LogP contribution in [0.4, 0.5) is 10.5 Å². The summed E-state index contributed by atoms with van der Waals surface area (Å²) in [6.07, 6.45) is 0.0507. The van der Waals surface area contributed by atoms with Gasteiger partial charge in [-0.25, -0.2) is 4.79 Å². The van der Waals surface area contributed by atoms with Crippen LogP contribution in [0.2, 0.25) is 5.02 Å². The highest BCUT2D eigenvalue weighted by atomic mass is 35.5. The van der Waals surface area contributed by atoms with E-state index in [0.717, 1.165) is 13.1 Å². The van der Waals surface area contributed by atoms with Crippen molar-refractivity contribution in [3.63, 3.8) is 0 Å². The number of nitrogens with one attached hydrogen (secondary N) is 2. The number of urea groups is 1. The van der Waals surface area contributed by atoms with Crippen LogP contribution in [0.1, 0.15) is 0 Å². The van der Waals surface area contributed by atoms with Crippen molar-refractivity contribution < 1.29 is 9.53 Å². The molecule has 0 radical (unpaired) electrons. The first-order chi connectivity index (χ1) is 9.13. The first-order valence-electron chi connectivity index (χ1n) is 6.24. The van der Waals surface area contributed by atoms with Gasteiger partial charge < -0.3 is 20.3 Å². The summed E-state index contributed by atoms with van der Waals surface area (Å²) in [5.41, 5.74) is 0.712. The van der Waals surface area contributed by atoms with Crippen LogP contribution in [0.3, 0.4) is 0 Å². The molecule has 1 atom stereocenters. The third kappa shape index (κ3) is 4.70. The fourth-order valence-corrected chi connectivity index (χ4v) is 2.03. The van der Waals surface area contributed by atoms with Crippen molar-refractivity contribution in [2.45, 2.75) is 6.10 Å². The Bertz CT molecular complexity index is 424. The molecule has 5 nitrogen and oxygen atoms in total. The van der Waals surface area contributed by atoms with Crippen molar-refractivity contribution >= 4 is 23.3 Å². The molecule has 2 amide bonds. The molecule has 1 aromatic carbocycles. The fourth-order valence-electron chi connectivity index (χ4n) is 1.91. The lowest BCUT2D eigenvalue weighted by Gasteiger charge is -2.30. The van der Waals surface area contributed by atoms with E-state index in [0.29, 0.717) is 23.9 Å². The first kappa shape index (κ1) is 14.1. The van der Waals surface area contributed by atoms with E-state index < -0.39 is 0 Å². The lowest BCUT2D eigenvalue weighted by molar-refractivity contribution is -0.0166. The average Bonchev–Trinajstić information content (AvgIpc) is 2.39. The van der Waals surface area contributed by atoms with Gasteiger partial charge in [-0.3, -0.25) is 0 Å². The van der Waals surface area contributed by atoms with E-state index in [-0.39, 0.29) is 12.1 Å². The number of morpholine rings is 1. The third-order valence-electron chi connectivity index (χ3n) is 2.93. The Kier molecular flexibility index (Phi) is 5.01. The Balaban J connectivity index is 1.73. The Labute approximate surface area is 117 Å². The zero-order valence-corrected chi connectivity index (χ0v) is 11.6. The number of ether oxygens (including phenoxy) is 1. The summed E-state index contributed by atoms with van der Waals surface area (Å²) in [4.78, 5) is 13.9. The van der Waals surface area contributed by atoms with Crippen molar-refractivity contribution in [1.82, 2.24) is 10.2 Å². The number of anilines is 1. The fraction of sp³-hybridized carbons (Fsp3) is 0.462. The number of hydrogen-bond donors (Lipinski definition) is 2. The van der Waals surface area contributed by atoms with Gasteiger partial charge in [0.1, 0.15) is 0 Å². The SMILES string of the molecule is CN1CCOC(CNC(=O)Nc2ccc(Cl)cc2)C1. The van der Waals surface area contributed by atoms with Gasteiger partial charge in [-0.2, -0.15) is 0 Å². The predicted molar refractivity (Wildman–Crippen MR) is 75.7 cm³/mol. The number of likely N-dealkylation sites (N-methyl/N-ethyl adjacent to an activating group) is 1. The molecule has 1 saturated heterocycles. The Morgan fingerprint density at radius 2 is 2.21 bits per heavy atom. The number of carbonyl (C=O) groups is 1. The van der Waals surface area contributed by atoms with Crippen molar-refractivity contribution in [2.75, 3.05) is 38.6 Å². The second-order valence-corrected chi connectivity index (χ2v) is 5.03. The normalized spacial score (nSPS) is 20.0. The number of hydrogen-bond acceptors (Lipinski definition) is 3. The molecule has 2 N–H and O–H groups in total. The van der Waals surface area contributed by atoms with Gasteiger partial charge in [-0.15, -0.1) is 0 Å². The van der Waals surface area contributed by atoms with E-state index >= 15 is 0 Å². The molecule has 104 valence electrons. The van der Waals surface area contributed by atoms with Gasteiger partial charge in [0.05, 0.1) is 12.7 Å². The zero-order valence-electron chi connectivity index (χ0n) is 10.9. The number of rotatable bonds is 3. The maximum absolute atomic E-state index is 11.7. The zero-order chi connectivity index (χ0) is 13.7. The molecule has 0 bridgehead atoms. The van der Waals surface area contributed by atoms with Crippen LogP contribution >= 0.6 is 11.6 Å². The second-order valence-electron chi connectivity index (χ2n) is 4.60. The van der Waals surface area contributed by atoms with E-state index in [2.05, 4.69) is 15.5 Å². The van der Waals surface area contributed by atoms with Crippen molar-refractivity contribution in [3.05, 3.63) is 29.3 Å². The standard InChI is InChI=1S/C13H18ClN3O2/c1-17-6-7-19-12(9-17)8-15-13(18)16-11-4-2-10(14)3-5-11/h2-5,12H,6-9H2,1H3,(H2,15,16,18). The lowest BCUT2D eigenvalue weighted by atomic mass is 10.3. The van der Waals surface area contributed by atoms with Gasteiger partial charge in [0.15, 0.2) is 0 Å². The minimum atomic E-state index is -0.237. The van der Waals surface area contributed by atoms with Crippen LogP contribution < -0.4 is 10.6 Å². The van der Waals surface area contributed by atoms with E-state index in [1.807, 2.05) is 7.05 Å². The summed E-state index contributed by atoms with van der Waals surface area (Å²) in [6.45, 7) is 2.99. The summed E-state index contributed by atoms with van der Waals surface area (Å²) in [5, 5.41) is 6.19. The van der Waals surface area contributed by atoms with Gasteiger partial charge in [0.25, 0.3) is 0 Å². The molecule has 1 fully saturated rings. The Hall–Kier alpha value is -1.30. The molecule has 1 aromatic rings. The third-order valence-corrected chi connectivity index (χ3v) is 3.19. The topological polar surface area (TPSA) is 53.6 Å². The van der Waals surface area contributed by atoms with Crippen LogP contribution in [0.25, 0.3) is 0 Å². The lowest BCUT2D eigenvalue weighted by Crippen LogP contribution is -2.46. The van der Waals surface area contributed by atoms with Gasteiger partial charge in [0.2, 0.25) is 0 Å². The van der Waals surface area contributed by atoms with E-state index in [4.69, 9.17) is 16.3 Å². The smallest absolute Gasteiger partial charge is 0.319 e. The molecule has 0 saturated carbocycles. The monoisotopic (exact) mass is 283 g/mol. The summed E-state index contributed by atoms with van der Waals surface area (Å²) in [6, 6.07) is 6.74. The second kappa shape index (κ2) is 6.75. The minimum absolute atomic E-state index is 0.0507. The molecule has 19 heavy (non-hydrogen) atoms. The highest BCUT2D eigenvalue weighted by Crippen LogP contribution is 2.13. The first-order valence-corrected chi connectivity index (χ1v) is 6.62. The van der Waals surface area contributed by atoms with Gasteiger partial charge in [-0.1, -0.05) is 11.6 Å². The molecular weight excluding hydrogens is 266 g/mol. The molecule has 6 heteroatoms. The molecule has 1 heterocycles. The molecule has 0 spiro atoms. The molecule has 1 aliphatic rings. The van der Waals surface area contributed by atoms with Crippen molar-refractivity contribution in [2.24, 2.45) is 0 Å². The average molecular weight is 284 g/mol. The Morgan fingerprint density at radius 3 is 2.89 bits per heavy atom. The number of halogens is 1. The maximum Gasteiger partial charge on any atom is 0.319 e.